The molecule has 0 aromatic heterocycles. The molecule has 1 heterocycles. The summed E-state index contributed by atoms with van der Waals surface area (Å²) in [5.41, 5.74) is 0.821. The van der Waals surface area contributed by atoms with Gasteiger partial charge in [-0.05, 0) is 17.7 Å². The van der Waals surface area contributed by atoms with Crippen LogP contribution in [0, 0.1) is 23.7 Å². The van der Waals surface area contributed by atoms with Crippen LogP contribution in [-0.4, -0.2) is 13.3 Å². The fraction of sp³-hybridized carbons (Fsp3) is 0.250. The van der Waals surface area contributed by atoms with Crippen molar-refractivity contribution in [2.45, 2.75) is 6.04 Å². The quantitative estimate of drug-likeness (QED) is 0.768. The molecule has 4 nitrogen and oxygen atoms in total. The molecule has 0 fully saturated rings. The van der Waals surface area contributed by atoms with Crippen LogP contribution in [0.5, 0.6) is 11.5 Å². The van der Waals surface area contributed by atoms with Gasteiger partial charge in [0.05, 0.1) is 12.6 Å². The molecule has 80 valence electrons. The number of ether oxygens (including phenoxy) is 2. The Labute approximate surface area is 93.8 Å². The fourth-order valence-corrected chi connectivity index (χ4v) is 1.49. The third-order valence-electron chi connectivity index (χ3n) is 2.27. The maximum atomic E-state index is 9.00. The van der Waals surface area contributed by atoms with Gasteiger partial charge < -0.3 is 9.47 Å². The molecule has 4 heteroatoms. The molecule has 1 unspecified atom stereocenters. The molecule has 0 amide bonds. The molecule has 0 aliphatic carbocycles. The fourth-order valence-electron chi connectivity index (χ4n) is 1.49. The summed E-state index contributed by atoms with van der Waals surface area (Å²) in [6.45, 7) is 0.584. The first kappa shape index (κ1) is 10.4. The monoisotopic (exact) mass is 214 g/mol. The van der Waals surface area contributed by atoms with Crippen LogP contribution in [0.1, 0.15) is 11.6 Å². The molecule has 1 aliphatic heterocycles. The van der Waals surface area contributed by atoms with Crippen LogP contribution in [0.25, 0.3) is 0 Å². The van der Waals surface area contributed by atoms with Crippen molar-refractivity contribution in [3.8, 4) is 29.9 Å². The van der Waals surface area contributed by atoms with Crippen molar-refractivity contribution in [1.29, 1.82) is 5.26 Å². The maximum absolute atomic E-state index is 9.00. The van der Waals surface area contributed by atoms with Gasteiger partial charge in [-0.1, -0.05) is 12.0 Å². The average molecular weight is 214 g/mol. The van der Waals surface area contributed by atoms with Crippen LogP contribution in [0.2, 0.25) is 0 Å². The normalized spacial score (nSPS) is 13.9. The first-order valence-corrected chi connectivity index (χ1v) is 4.81. The first-order valence-electron chi connectivity index (χ1n) is 4.81. The molecule has 16 heavy (non-hydrogen) atoms. The maximum Gasteiger partial charge on any atom is 0.231 e. The highest BCUT2D eigenvalue weighted by atomic mass is 16.7. The lowest BCUT2D eigenvalue weighted by atomic mass is 10.1. The van der Waals surface area contributed by atoms with E-state index in [1.165, 1.54) is 0 Å². The number of nitrogens with one attached hydrogen (secondary N) is 1. The van der Waals surface area contributed by atoms with E-state index in [-0.39, 0.29) is 6.79 Å². The van der Waals surface area contributed by atoms with E-state index in [0.29, 0.717) is 18.0 Å². The van der Waals surface area contributed by atoms with Crippen LogP contribution in [0.4, 0.5) is 0 Å². The van der Waals surface area contributed by atoms with Gasteiger partial charge in [-0.2, -0.15) is 5.26 Å². The van der Waals surface area contributed by atoms with Gasteiger partial charge in [0.1, 0.15) is 6.04 Å². The molecule has 1 atom stereocenters. The van der Waals surface area contributed by atoms with Crippen molar-refractivity contribution in [1.82, 2.24) is 5.32 Å². The number of nitriles is 1. The minimum atomic E-state index is -0.425. The minimum Gasteiger partial charge on any atom is -0.454 e. The largest absolute Gasteiger partial charge is 0.454 e. The summed E-state index contributed by atoms with van der Waals surface area (Å²) >= 11 is 0. The van der Waals surface area contributed by atoms with Gasteiger partial charge in [-0.15, -0.1) is 6.42 Å². The molecule has 0 saturated carbocycles. The van der Waals surface area contributed by atoms with Crippen molar-refractivity contribution in [2.24, 2.45) is 0 Å². The van der Waals surface area contributed by atoms with Gasteiger partial charge in [0.2, 0.25) is 6.79 Å². The predicted octanol–water partition coefficient (Wildman–Crippen LogP) is 1.20. The molecule has 2 rings (SSSR count). The van der Waals surface area contributed by atoms with E-state index >= 15 is 0 Å². The molecule has 1 aromatic rings. The summed E-state index contributed by atoms with van der Waals surface area (Å²) in [5, 5.41) is 11.9. The van der Waals surface area contributed by atoms with Crippen molar-refractivity contribution in [2.75, 3.05) is 13.3 Å². The third-order valence-corrected chi connectivity index (χ3v) is 2.27. The molecule has 1 aromatic carbocycles. The lowest BCUT2D eigenvalue weighted by Gasteiger charge is -2.09. The zero-order valence-electron chi connectivity index (χ0n) is 8.56. The summed E-state index contributed by atoms with van der Waals surface area (Å²) in [6, 6.07) is 7.12. The lowest BCUT2D eigenvalue weighted by molar-refractivity contribution is 0.174. The Morgan fingerprint density at radius 1 is 1.44 bits per heavy atom. The molecular formula is C12H10N2O2. The zero-order chi connectivity index (χ0) is 11.4. The Bertz CT molecular complexity index is 471. The van der Waals surface area contributed by atoms with E-state index in [0.717, 1.165) is 5.56 Å². The molecule has 1 aliphatic rings. The molecule has 0 saturated heterocycles. The topological polar surface area (TPSA) is 54.3 Å². The zero-order valence-corrected chi connectivity index (χ0v) is 8.56. The van der Waals surface area contributed by atoms with E-state index in [1.807, 2.05) is 6.07 Å². The number of benzene rings is 1. The van der Waals surface area contributed by atoms with Gasteiger partial charge >= 0.3 is 0 Å². The summed E-state index contributed by atoms with van der Waals surface area (Å²) in [6.07, 6.45) is 5.13. The van der Waals surface area contributed by atoms with Gasteiger partial charge in [0.15, 0.2) is 11.5 Å². The van der Waals surface area contributed by atoms with Crippen LogP contribution < -0.4 is 14.8 Å². The smallest absolute Gasteiger partial charge is 0.231 e. The summed E-state index contributed by atoms with van der Waals surface area (Å²) in [5.74, 6) is 3.81. The lowest BCUT2D eigenvalue weighted by Crippen LogP contribution is -2.19. The Kier molecular flexibility index (Phi) is 2.95. The van der Waals surface area contributed by atoms with E-state index in [4.69, 9.17) is 21.2 Å². The summed E-state index contributed by atoms with van der Waals surface area (Å²) < 4.78 is 10.4. The standard InChI is InChI=1S/C12H10N2O2/c1-2-5-14-10(7-13)9-3-4-11-12(6-9)16-8-15-11/h1,3-4,6,10,14H,5,8H2. The van der Waals surface area contributed by atoms with Gasteiger partial charge in [-0.25, -0.2) is 0 Å². The highest BCUT2D eigenvalue weighted by Crippen LogP contribution is 2.33. The van der Waals surface area contributed by atoms with Crippen molar-refractivity contribution in [3.05, 3.63) is 23.8 Å². The third kappa shape index (κ3) is 1.93. The summed E-state index contributed by atoms with van der Waals surface area (Å²) in [4.78, 5) is 0. The van der Waals surface area contributed by atoms with Crippen molar-refractivity contribution in [3.63, 3.8) is 0 Å². The minimum absolute atomic E-state index is 0.230. The molecule has 0 bridgehead atoms. The number of hydrogen-bond donors (Lipinski definition) is 1. The molecule has 0 spiro atoms. The number of terminal acetylenes is 1. The van der Waals surface area contributed by atoms with Crippen LogP contribution in [0.15, 0.2) is 18.2 Å². The molecule has 1 N–H and O–H groups in total. The second-order valence-corrected chi connectivity index (χ2v) is 3.26. The van der Waals surface area contributed by atoms with Gasteiger partial charge in [0.25, 0.3) is 0 Å². The highest BCUT2D eigenvalue weighted by molar-refractivity contribution is 5.46. The Morgan fingerprint density at radius 2 is 2.25 bits per heavy atom. The van der Waals surface area contributed by atoms with E-state index in [1.54, 1.807) is 12.1 Å². The molecule has 0 radical (unpaired) electrons. The predicted molar refractivity (Wildman–Crippen MR) is 57.8 cm³/mol. The van der Waals surface area contributed by atoms with Crippen LogP contribution >= 0.6 is 0 Å². The second kappa shape index (κ2) is 4.57. The number of fused-ring (bicyclic) bond motifs is 1. The Hall–Kier alpha value is -2.17. The van der Waals surface area contributed by atoms with Crippen LogP contribution in [0.3, 0.4) is 0 Å². The molecular weight excluding hydrogens is 204 g/mol. The average Bonchev–Trinajstić information content (AvgIpc) is 2.77. The number of rotatable bonds is 3. The first-order chi connectivity index (χ1) is 7.85. The van der Waals surface area contributed by atoms with Gasteiger partial charge in [-0.3, -0.25) is 5.32 Å². The van der Waals surface area contributed by atoms with E-state index in [9.17, 15) is 0 Å². The van der Waals surface area contributed by atoms with E-state index in [2.05, 4.69) is 17.3 Å². The van der Waals surface area contributed by atoms with Crippen molar-refractivity contribution < 1.29 is 9.47 Å². The Morgan fingerprint density at radius 3 is 3.00 bits per heavy atom. The van der Waals surface area contributed by atoms with Crippen LogP contribution in [-0.2, 0) is 0 Å². The SMILES string of the molecule is C#CCNC(C#N)c1ccc2c(c1)OCO2. The number of hydrogen-bond acceptors (Lipinski definition) is 4. The second-order valence-electron chi connectivity index (χ2n) is 3.26. The summed E-state index contributed by atoms with van der Waals surface area (Å²) in [7, 11) is 0. The number of nitrogens with zero attached hydrogens (tertiary/aromatic N) is 1. The van der Waals surface area contributed by atoms with Crippen molar-refractivity contribution >= 4 is 0 Å². The van der Waals surface area contributed by atoms with Gasteiger partial charge in [0, 0.05) is 0 Å². The Balaban J connectivity index is 2.20. The highest BCUT2D eigenvalue weighted by Gasteiger charge is 2.17. The van der Waals surface area contributed by atoms with E-state index < -0.39 is 6.04 Å².